The lowest BCUT2D eigenvalue weighted by atomic mass is 9.99. The van der Waals surface area contributed by atoms with Gasteiger partial charge in [0.2, 0.25) is 0 Å². The molecule has 7 rings (SSSR count). The maximum Gasteiger partial charge on any atom is 0.293 e. The molecule has 306 valence electrons. The Morgan fingerprint density at radius 3 is 2.41 bits per heavy atom. The lowest BCUT2D eigenvalue weighted by molar-refractivity contribution is -0.384. The monoisotopic (exact) mass is 870 g/mol. The first-order valence-electron chi connectivity index (χ1n) is 19.1. The third kappa shape index (κ3) is 10.8. The lowest BCUT2D eigenvalue weighted by Crippen LogP contribution is -2.46. The van der Waals surface area contributed by atoms with E-state index in [4.69, 9.17) is 23.2 Å². The molecule has 1 aliphatic heterocycles. The molecule has 0 radical (unpaired) electrons. The van der Waals surface area contributed by atoms with Gasteiger partial charge in [-0.3, -0.25) is 19.7 Å². The Morgan fingerprint density at radius 1 is 0.881 bits per heavy atom. The molecule has 1 aliphatic rings. The van der Waals surface area contributed by atoms with Crippen molar-refractivity contribution in [1.82, 2.24) is 19.8 Å². The normalized spacial score (nSPS) is 14.1. The molecule has 1 saturated heterocycles. The van der Waals surface area contributed by atoms with Gasteiger partial charge >= 0.3 is 0 Å². The van der Waals surface area contributed by atoms with Gasteiger partial charge in [0.25, 0.3) is 15.7 Å². The summed E-state index contributed by atoms with van der Waals surface area (Å²) in [5, 5.41) is 17.5. The molecule has 6 aromatic rings. The SMILES string of the molecule is CN(C)CC[C@H](CSc1ccccc1)Nc1ccc(S(=O)(=O)Nc2ncnc3cc(N4CCN(Cc5cc(Cl)ccc5-c5cccc(Cl)c5)CC4)ccc23)cc1[N+](=O)[O-]. The summed E-state index contributed by atoms with van der Waals surface area (Å²) in [6.45, 7) is 4.68. The largest absolute Gasteiger partial charge is 0.376 e. The van der Waals surface area contributed by atoms with Crippen LogP contribution in [-0.2, 0) is 16.6 Å². The molecule has 1 aromatic heterocycles. The highest BCUT2D eigenvalue weighted by atomic mass is 35.5. The first-order valence-corrected chi connectivity index (χ1v) is 22.3. The van der Waals surface area contributed by atoms with E-state index in [1.165, 1.54) is 18.5 Å². The third-order valence-electron chi connectivity index (χ3n) is 10.1. The topological polar surface area (TPSA) is 137 Å². The van der Waals surface area contributed by atoms with Crippen LogP contribution < -0.4 is 14.9 Å². The molecule has 2 N–H and O–H groups in total. The summed E-state index contributed by atoms with van der Waals surface area (Å²) in [6.07, 6.45) is 2.03. The standard InChI is InChI=1S/C43H44Cl2N8O4S2/c1-50(2)18-17-34(28-58-36-9-4-3-5-10-36)48-40-16-13-37(26-42(40)53(54)55)59(56,57)49-43-39-15-12-35(25-41(39)46-29-47-43)52-21-19-51(20-22-52)27-31-24-33(45)11-14-38(31)30-7-6-8-32(44)23-30/h3-16,23-26,29,34,48H,17-22,27-28H2,1-2H3,(H,46,47,49)/t34-/m1/s1. The Bertz CT molecular complexity index is 2540. The average molecular weight is 872 g/mol. The van der Waals surface area contributed by atoms with E-state index in [9.17, 15) is 18.5 Å². The smallest absolute Gasteiger partial charge is 0.293 e. The number of nitrogens with zero attached hydrogens (tertiary/aromatic N) is 6. The molecule has 0 bridgehead atoms. The molecule has 16 heteroatoms. The van der Waals surface area contributed by atoms with E-state index >= 15 is 0 Å². The van der Waals surface area contributed by atoms with Crippen molar-refractivity contribution in [2.24, 2.45) is 0 Å². The van der Waals surface area contributed by atoms with Crippen LogP contribution in [0.15, 0.2) is 125 Å². The summed E-state index contributed by atoms with van der Waals surface area (Å²) < 4.78 is 30.1. The van der Waals surface area contributed by atoms with Gasteiger partial charge in [0.1, 0.15) is 12.0 Å². The Hall–Kier alpha value is -4.96. The van der Waals surface area contributed by atoms with Crippen molar-refractivity contribution < 1.29 is 13.3 Å². The number of piperazine rings is 1. The first-order chi connectivity index (χ1) is 28.4. The molecule has 59 heavy (non-hydrogen) atoms. The van der Waals surface area contributed by atoms with Gasteiger partial charge in [-0.25, -0.2) is 18.4 Å². The maximum absolute atomic E-state index is 13.8. The van der Waals surface area contributed by atoms with E-state index in [1.54, 1.807) is 17.8 Å². The Kier molecular flexibility index (Phi) is 13.6. The van der Waals surface area contributed by atoms with Crippen LogP contribution in [0, 0.1) is 10.1 Å². The summed E-state index contributed by atoms with van der Waals surface area (Å²) in [5.74, 6) is 0.737. The molecule has 0 amide bonds. The van der Waals surface area contributed by atoms with Crippen molar-refractivity contribution >= 4 is 78.8 Å². The van der Waals surface area contributed by atoms with Crippen molar-refractivity contribution in [2.45, 2.75) is 28.8 Å². The van der Waals surface area contributed by atoms with E-state index in [0.29, 0.717) is 26.7 Å². The quantitative estimate of drug-likeness (QED) is 0.0548. The van der Waals surface area contributed by atoms with Crippen molar-refractivity contribution in [3.05, 3.63) is 141 Å². The summed E-state index contributed by atoms with van der Waals surface area (Å²) in [4.78, 5) is 28.0. The van der Waals surface area contributed by atoms with Gasteiger partial charge in [-0.1, -0.05) is 59.6 Å². The van der Waals surface area contributed by atoms with Crippen LogP contribution in [0.1, 0.15) is 12.0 Å². The number of sulfonamides is 1. The van der Waals surface area contributed by atoms with E-state index in [-0.39, 0.29) is 28.1 Å². The molecule has 1 atom stereocenters. The molecule has 0 unspecified atom stereocenters. The van der Waals surface area contributed by atoms with Gasteiger partial charge in [0.15, 0.2) is 5.82 Å². The predicted octanol–water partition coefficient (Wildman–Crippen LogP) is 9.16. The molecule has 0 saturated carbocycles. The lowest BCUT2D eigenvalue weighted by Gasteiger charge is -2.36. The zero-order chi connectivity index (χ0) is 41.5. The third-order valence-corrected chi connectivity index (χ3v) is 13.1. The van der Waals surface area contributed by atoms with E-state index in [1.807, 2.05) is 93.0 Å². The number of nitro benzene ring substituents is 1. The Balaban J connectivity index is 1.03. The summed E-state index contributed by atoms with van der Waals surface area (Å²) >= 11 is 14.4. The van der Waals surface area contributed by atoms with E-state index in [2.05, 4.69) is 40.8 Å². The number of hydrogen-bond acceptors (Lipinski definition) is 11. The number of fused-ring (bicyclic) bond motifs is 1. The van der Waals surface area contributed by atoms with Gasteiger partial charge in [-0.2, -0.15) is 0 Å². The van der Waals surface area contributed by atoms with Gasteiger partial charge < -0.3 is 15.1 Å². The number of hydrogen-bond donors (Lipinski definition) is 2. The zero-order valence-corrected chi connectivity index (χ0v) is 35.7. The summed E-state index contributed by atoms with van der Waals surface area (Å²) in [6, 6.07) is 33.2. The van der Waals surface area contributed by atoms with Crippen LogP contribution in [0.5, 0.6) is 0 Å². The molecule has 12 nitrogen and oxygen atoms in total. The number of thioether (sulfide) groups is 1. The fraction of sp³-hybridized carbons (Fsp3) is 0.256. The predicted molar refractivity (Wildman–Crippen MR) is 241 cm³/mol. The highest BCUT2D eigenvalue weighted by molar-refractivity contribution is 7.99. The van der Waals surface area contributed by atoms with Crippen LogP contribution >= 0.6 is 35.0 Å². The Labute approximate surface area is 358 Å². The van der Waals surface area contributed by atoms with E-state index in [0.717, 1.165) is 79.0 Å². The fourth-order valence-corrected chi connectivity index (χ4v) is 9.47. The molecule has 1 fully saturated rings. The second-order valence-electron chi connectivity index (χ2n) is 14.6. The molecule has 5 aromatic carbocycles. The highest BCUT2D eigenvalue weighted by Gasteiger charge is 2.25. The number of aromatic nitrogens is 2. The van der Waals surface area contributed by atoms with Gasteiger partial charge in [0, 0.05) is 76.6 Å². The van der Waals surface area contributed by atoms with Gasteiger partial charge in [-0.15, -0.1) is 11.8 Å². The van der Waals surface area contributed by atoms with Gasteiger partial charge in [0.05, 0.1) is 15.3 Å². The number of nitro groups is 1. The molecular weight excluding hydrogens is 828 g/mol. The molecule has 2 heterocycles. The molecular formula is C43H44Cl2N8O4S2. The maximum atomic E-state index is 13.8. The molecule has 0 aliphatic carbocycles. The van der Waals surface area contributed by atoms with Crippen molar-refractivity contribution in [1.29, 1.82) is 0 Å². The highest BCUT2D eigenvalue weighted by Crippen LogP contribution is 2.33. The van der Waals surface area contributed by atoms with Crippen LogP contribution in [0.25, 0.3) is 22.0 Å². The van der Waals surface area contributed by atoms with Crippen LogP contribution in [0.2, 0.25) is 10.0 Å². The minimum atomic E-state index is -4.28. The number of anilines is 3. The summed E-state index contributed by atoms with van der Waals surface area (Å²) in [7, 11) is -0.328. The second kappa shape index (κ2) is 19.0. The van der Waals surface area contributed by atoms with Crippen molar-refractivity contribution in [3.8, 4) is 11.1 Å². The van der Waals surface area contributed by atoms with Crippen molar-refractivity contribution in [2.75, 3.05) is 67.5 Å². The van der Waals surface area contributed by atoms with E-state index < -0.39 is 14.9 Å². The van der Waals surface area contributed by atoms with Gasteiger partial charge in [-0.05, 0) is 110 Å². The minimum Gasteiger partial charge on any atom is -0.376 e. The summed E-state index contributed by atoms with van der Waals surface area (Å²) in [5.41, 5.74) is 4.70. The average Bonchev–Trinajstić information content (AvgIpc) is 3.22. The number of nitrogens with one attached hydrogen (secondary N) is 2. The minimum absolute atomic E-state index is 0.0786. The zero-order valence-electron chi connectivity index (χ0n) is 32.6. The second-order valence-corrected chi connectivity index (χ2v) is 18.2. The fourth-order valence-electron chi connectivity index (χ4n) is 7.04. The number of rotatable bonds is 16. The Morgan fingerprint density at radius 2 is 1.66 bits per heavy atom. The first kappa shape index (κ1) is 42.2. The molecule has 0 spiro atoms. The number of halogens is 2. The van der Waals surface area contributed by atoms with Crippen LogP contribution in [-0.4, -0.2) is 91.7 Å². The van der Waals surface area contributed by atoms with Crippen molar-refractivity contribution in [3.63, 3.8) is 0 Å². The number of benzene rings is 5. The van der Waals surface area contributed by atoms with Crippen LogP contribution in [0.3, 0.4) is 0 Å². The van der Waals surface area contributed by atoms with Crippen LogP contribution in [0.4, 0.5) is 22.9 Å².